The maximum absolute atomic E-state index is 5.53. The first kappa shape index (κ1) is 23.2. The van der Waals surface area contributed by atoms with E-state index < -0.39 is 0 Å². The van der Waals surface area contributed by atoms with Crippen molar-refractivity contribution in [2.24, 2.45) is 4.99 Å². The second-order valence-corrected chi connectivity index (χ2v) is 8.55. The zero-order valence-corrected chi connectivity index (χ0v) is 19.4. The zero-order chi connectivity index (χ0) is 21.7. The van der Waals surface area contributed by atoms with Gasteiger partial charge in [-0.1, -0.05) is 71.1 Å². The van der Waals surface area contributed by atoms with Gasteiger partial charge in [0.2, 0.25) is 0 Å². The summed E-state index contributed by atoms with van der Waals surface area (Å²) in [6, 6.07) is 8.33. The topological polar surface area (TPSA) is 53.2 Å². The number of aryl methyl sites for hydroxylation is 1. The SMILES string of the molecule is CCCCCCCCCCCCCc1ccc(C=C2N=C(c3ccc[nH]3)C=C2OC)[nH]1. The van der Waals surface area contributed by atoms with Crippen molar-refractivity contribution in [3.8, 4) is 0 Å². The third-order valence-corrected chi connectivity index (χ3v) is 5.97. The summed E-state index contributed by atoms with van der Waals surface area (Å²) < 4.78 is 5.53. The second-order valence-electron chi connectivity index (χ2n) is 8.55. The lowest BCUT2D eigenvalue weighted by Gasteiger charge is -2.02. The third-order valence-electron chi connectivity index (χ3n) is 5.97. The maximum atomic E-state index is 5.53. The second kappa shape index (κ2) is 13.0. The van der Waals surface area contributed by atoms with Gasteiger partial charge in [0.05, 0.1) is 18.5 Å². The largest absolute Gasteiger partial charge is 0.494 e. The molecular formula is C27H39N3O. The van der Waals surface area contributed by atoms with Crippen molar-refractivity contribution in [2.75, 3.05) is 7.11 Å². The number of methoxy groups -OCH3 is 1. The molecule has 0 fully saturated rings. The summed E-state index contributed by atoms with van der Waals surface area (Å²) in [5.41, 5.74) is 5.14. The number of hydrogen-bond acceptors (Lipinski definition) is 2. The van der Waals surface area contributed by atoms with Crippen LogP contribution in [0, 0.1) is 0 Å². The van der Waals surface area contributed by atoms with E-state index in [-0.39, 0.29) is 0 Å². The Bertz CT molecular complexity index is 855. The molecule has 0 amide bonds. The van der Waals surface area contributed by atoms with E-state index >= 15 is 0 Å². The molecule has 4 heteroatoms. The lowest BCUT2D eigenvalue weighted by atomic mass is 10.0. The highest BCUT2D eigenvalue weighted by Gasteiger charge is 2.17. The van der Waals surface area contributed by atoms with Crippen LogP contribution < -0.4 is 0 Å². The molecule has 3 rings (SSSR count). The van der Waals surface area contributed by atoms with Gasteiger partial charge in [0.25, 0.3) is 0 Å². The number of hydrogen-bond donors (Lipinski definition) is 2. The summed E-state index contributed by atoms with van der Waals surface area (Å²) in [7, 11) is 1.69. The Labute approximate surface area is 187 Å². The van der Waals surface area contributed by atoms with E-state index in [9.17, 15) is 0 Å². The molecule has 168 valence electrons. The fourth-order valence-corrected chi connectivity index (χ4v) is 4.13. The molecule has 0 spiro atoms. The Balaban J connectivity index is 1.36. The number of H-pyrrole nitrogens is 2. The number of nitrogens with one attached hydrogen (secondary N) is 2. The van der Waals surface area contributed by atoms with Gasteiger partial charge in [0.1, 0.15) is 11.5 Å². The summed E-state index contributed by atoms with van der Waals surface area (Å²) in [5.74, 6) is 0.797. The van der Waals surface area contributed by atoms with Gasteiger partial charge in [0.15, 0.2) is 0 Å². The molecule has 0 saturated carbocycles. The molecule has 1 aliphatic rings. The molecule has 0 bridgehead atoms. The molecule has 1 aliphatic heterocycles. The van der Waals surface area contributed by atoms with Crippen molar-refractivity contribution < 1.29 is 4.74 Å². The fraction of sp³-hybridized carbons (Fsp3) is 0.519. The van der Waals surface area contributed by atoms with E-state index in [1.165, 1.54) is 76.3 Å². The Hall–Kier alpha value is -2.49. The quantitative estimate of drug-likeness (QED) is 0.286. The van der Waals surface area contributed by atoms with E-state index in [0.29, 0.717) is 0 Å². The molecule has 4 nitrogen and oxygen atoms in total. The number of nitrogens with zero attached hydrogens (tertiary/aromatic N) is 1. The normalized spacial score (nSPS) is 14.8. The van der Waals surface area contributed by atoms with Gasteiger partial charge in [-0.15, -0.1) is 0 Å². The lowest BCUT2D eigenvalue weighted by Crippen LogP contribution is -1.93. The standard InChI is InChI=1S/C27H39N3O/c1-3-4-5-6-7-8-9-10-11-12-13-15-22-17-18-23(29-22)20-26-27(31-2)21-25(30-26)24-16-14-19-28-24/h14,16-21,28-29H,3-13,15H2,1-2H3. The van der Waals surface area contributed by atoms with Crippen LogP contribution in [0.15, 0.2) is 53.0 Å². The van der Waals surface area contributed by atoms with Crippen LogP contribution >= 0.6 is 0 Å². The third kappa shape index (κ3) is 7.61. The van der Waals surface area contributed by atoms with Crippen molar-refractivity contribution in [3.63, 3.8) is 0 Å². The highest BCUT2D eigenvalue weighted by molar-refractivity contribution is 6.11. The smallest absolute Gasteiger partial charge is 0.146 e. The number of aromatic nitrogens is 2. The first-order valence-electron chi connectivity index (χ1n) is 12.2. The van der Waals surface area contributed by atoms with E-state index in [1.807, 2.05) is 24.4 Å². The first-order valence-corrected chi connectivity index (χ1v) is 12.2. The molecule has 0 radical (unpaired) electrons. The van der Waals surface area contributed by atoms with Crippen LogP contribution in [0.4, 0.5) is 0 Å². The maximum Gasteiger partial charge on any atom is 0.146 e. The number of aromatic amines is 2. The van der Waals surface area contributed by atoms with Gasteiger partial charge >= 0.3 is 0 Å². The van der Waals surface area contributed by atoms with Crippen LogP contribution in [-0.4, -0.2) is 22.8 Å². The molecule has 0 aliphatic carbocycles. The number of unbranched alkanes of at least 4 members (excludes halogenated alkanes) is 10. The number of aliphatic imine (C=N–C) groups is 1. The van der Waals surface area contributed by atoms with Crippen LogP contribution in [-0.2, 0) is 11.2 Å². The fourth-order valence-electron chi connectivity index (χ4n) is 4.13. The van der Waals surface area contributed by atoms with Crippen molar-refractivity contribution >= 4 is 11.8 Å². The molecule has 2 aromatic rings. The van der Waals surface area contributed by atoms with Gasteiger partial charge in [-0.05, 0) is 43.2 Å². The average molecular weight is 422 g/mol. The van der Waals surface area contributed by atoms with Crippen molar-refractivity contribution in [1.29, 1.82) is 0 Å². The molecule has 2 N–H and O–H groups in total. The first-order chi connectivity index (χ1) is 15.3. The van der Waals surface area contributed by atoms with E-state index in [0.717, 1.165) is 35.0 Å². The van der Waals surface area contributed by atoms with Gasteiger partial charge in [-0.2, -0.15) is 0 Å². The molecule has 0 aromatic carbocycles. The highest BCUT2D eigenvalue weighted by Crippen LogP contribution is 2.24. The monoisotopic (exact) mass is 421 g/mol. The summed E-state index contributed by atoms with van der Waals surface area (Å²) >= 11 is 0. The average Bonchev–Trinajstić information content (AvgIpc) is 3.53. The molecular weight excluding hydrogens is 382 g/mol. The predicted molar refractivity (Wildman–Crippen MR) is 131 cm³/mol. The van der Waals surface area contributed by atoms with E-state index in [1.54, 1.807) is 7.11 Å². The van der Waals surface area contributed by atoms with Crippen LogP contribution in [0.3, 0.4) is 0 Å². The van der Waals surface area contributed by atoms with Crippen LogP contribution in [0.2, 0.25) is 0 Å². The Morgan fingerprint density at radius 3 is 2.26 bits per heavy atom. The van der Waals surface area contributed by atoms with Crippen LogP contribution in [0.1, 0.15) is 94.6 Å². The molecule has 31 heavy (non-hydrogen) atoms. The Morgan fingerprint density at radius 2 is 1.61 bits per heavy atom. The molecule has 0 unspecified atom stereocenters. The van der Waals surface area contributed by atoms with Gasteiger partial charge in [-0.25, -0.2) is 4.99 Å². The minimum Gasteiger partial charge on any atom is -0.494 e. The minimum absolute atomic E-state index is 0.797. The molecule has 3 heterocycles. The van der Waals surface area contributed by atoms with E-state index in [2.05, 4.69) is 35.1 Å². The molecule has 0 saturated heterocycles. The zero-order valence-electron chi connectivity index (χ0n) is 19.4. The van der Waals surface area contributed by atoms with Crippen molar-refractivity contribution in [2.45, 2.75) is 84.0 Å². The Kier molecular flexibility index (Phi) is 9.75. The summed E-state index contributed by atoms with van der Waals surface area (Å²) in [6.45, 7) is 2.28. The van der Waals surface area contributed by atoms with Crippen molar-refractivity contribution in [1.82, 2.24) is 9.97 Å². The number of ether oxygens (including phenoxy) is 1. The van der Waals surface area contributed by atoms with E-state index in [4.69, 9.17) is 9.73 Å². The molecule has 2 aromatic heterocycles. The predicted octanol–water partition coefficient (Wildman–Crippen LogP) is 7.57. The highest BCUT2D eigenvalue weighted by atomic mass is 16.5. The van der Waals surface area contributed by atoms with Gasteiger partial charge < -0.3 is 14.7 Å². The lowest BCUT2D eigenvalue weighted by molar-refractivity contribution is 0.303. The number of rotatable bonds is 15. The van der Waals surface area contributed by atoms with Gasteiger partial charge in [-0.3, -0.25) is 0 Å². The van der Waals surface area contributed by atoms with Crippen molar-refractivity contribution in [3.05, 3.63) is 65.1 Å². The van der Waals surface area contributed by atoms with Crippen LogP contribution in [0.5, 0.6) is 0 Å². The Morgan fingerprint density at radius 1 is 0.903 bits per heavy atom. The summed E-state index contributed by atoms with van der Waals surface area (Å²) in [4.78, 5) is 11.5. The minimum atomic E-state index is 0.797. The number of allylic oxidation sites excluding steroid dienone is 1. The van der Waals surface area contributed by atoms with Crippen LogP contribution in [0.25, 0.3) is 6.08 Å². The molecule has 0 atom stereocenters. The van der Waals surface area contributed by atoms with Gasteiger partial charge in [0, 0.05) is 23.7 Å². The summed E-state index contributed by atoms with van der Waals surface area (Å²) in [5, 5.41) is 0. The summed E-state index contributed by atoms with van der Waals surface area (Å²) in [6.07, 6.45) is 22.3.